The van der Waals surface area contributed by atoms with Crippen LogP contribution in [0.2, 0.25) is 0 Å². The molecule has 0 aliphatic carbocycles. The molecule has 168 valence electrons. The van der Waals surface area contributed by atoms with Gasteiger partial charge in [0.1, 0.15) is 23.9 Å². The van der Waals surface area contributed by atoms with Gasteiger partial charge in [-0.15, -0.1) is 0 Å². The molecule has 8 nitrogen and oxygen atoms in total. The topological polar surface area (TPSA) is 74.2 Å². The lowest BCUT2D eigenvalue weighted by atomic mass is 10.2. The van der Waals surface area contributed by atoms with Crippen LogP contribution in [0.4, 0.5) is 5.82 Å². The number of hydrogen-bond donors (Lipinski definition) is 2. The zero-order valence-corrected chi connectivity index (χ0v) is 18.8. The highest BCUT2D eigenvalue weighted by molar-refractivity contribution is 5.79. The van der Waals surface area contributed by atoms with Crippen molar-refractivity contribution in [2.45, 2.75) is 13.5 Å². The van der Waals surface area contributed by atoms with E-state index in [0.29, 0.717) is 19.7 Å². The van der Waals surface area contributed by atoms with Crippen LogP contribution in [0, 0.1) is 0 Å². The molecule has 3 rings (SSSR count). The Morgan fingerprint density at radius 3 is 2.48 bits per heavy atom. The summed E-state index contributed by atoms with van der Waals surface area (Å²) in [5.74, 6) is 3.42. The van der Waals surface area contributed by atoms with Crippen LogP contribution in [-0.2, 0) is 6.54 Å². The number of likely N-dealkylation sites (N-methyl/N-ethyl adjacent to an activating group) is 1. The summed E-state index contributed by atoms with van der Waals surface area (Å²) < 4.78 is 10.9. The van der Waals surface area contributed by atoms with Crippen molar-refractivity contribution in [1.29, 1.82) is 0 Å². The Hall–Kier alpha value is -3.00. The fourth-order valence-electron chi connectivity index (χ4n) is 3.45. The van der Waals surface area contributed by atoms with E-state index in [0.717, 1.165) is 56.0 Å². The van der Waals surface area contributed by atoms with Gasteiger partial charge in [0, 0.05) is 46.0 Å². The van der Waals surface area contributed by atoms with Gasteiger partial charge in [-0.1, -0.05) is 6.92 Å². The number of nitrogens with zero attached hydrogens (tertiary/aromatic N) is 4. The average Bonchev–Trinajstić information content (AvgIpc) is 2.84. The summed E-state index contributed by atoms with van der Waals surface area (Å²) in [6.45, 7) is 9.43. The molecule has 8 heteroatoms. The molecule has 0 saturated carbocycles. The van der Waals surface area contributed by atoms with E-state index in [2.05, 4.69) is 43.4 Å². The predicted octanol–water partition coefficient (Wildman–Crippen LogP) is 1.98. The molecule has 2 heterocycles. The lowest BCUT2D eigenvalue weighted by molar-refractivity contribution is 0.270. The number of methoxy groups -OCH3 is 1. The highest BCUT2D eigenvalue weighted by Crippen LogP contribution is 2.17. The van der Waals surface area contributed by atoms with Crippen LogP contribution in [0.25, 0.3) is 0 Å². The van der Waals surface area contributed by atoms with Crippen molar-refractivity contribution in [3.63, 3.8) is 0 Å². The van der Waals surface area contributed by atoms with Crippen molar-refractivity contribution >= 4 is 11.8 Å². The monoisotopic (exact) mass is 426 g/mol. The SMILES string of the molecule is CCN1CCN(c2cc(CNC(=NC)NCCOc3ccc(OC)cc3)ccn2)CC1. The van der Waals surface area contributed by atoms with Crippen molar-refractivity contribution < 1.29 is 9.47 Å². The number of piperazine rings is 1. The second-order valence-electron chi connectivity index (χ2n) is 7.32. The summed E-state index contributed by atoms with van der Waals surface area (Å²) in [5, 5.41) is 6.64. The molecule has 1 aliphatic heterocycles. The first-order valence-electron chi connectivity index (χ1n) is 10.9. The number of ether oxygens (including phenoxy) is 2. The summed E-state index contributed by atoms with van der Waals surface area (Å²) in [7, 11) is 3.42. The number of rotatable bonds is 9. The Morgan fingerprint density at radius 2 is 1.81 bits per heavy atom. The second-order valence-corrected chi connectivity index (χ2v) is 7.32. The minimum atomic E-state index is 0.538. The molecule has 0 amide bonds. The van der Waals surface area contributed by atoms with Gasteiger partial charge in [-0.05, 0) is 48.5 Å². The molecular weight excluding hydrogens is 392 g/mol. The highest BCUT2D eigenvalue weighted by Gasteiger charge is 2.16. The van der Waals surface area contributed by atoms with Crippen LogP contribution < -0.4 is 25.0 Å². The van der Waals surface area contributed by atoms with E-state index in [1.165, 1.54) is 5.56 Å². The van der Waals surface area contributed by atoms with Crippen molar-refractivity contribution in [3.8, 4) is 11.5 Å². The number of aliphatic imine (C=N–C) groups is 1. The van der Waals surface area contributed by atoms with Gasteiger partial charge in [-0.3, -0.25) is 4.99 Å². The highest BCUT2D eigenvalue weighted by atomic mass is 16.5. The first kappa shape index (κ1) is 22.7. The molecule has 1 aromatic carbocycles. The predicted molar refractivity (Wildman–Crippen MR) is 125 cm³/mol. The van der Waals surface area contributed by atoms with E-state index in [-0.39, 0.29) is 0 Å². The summed E-state index contributed by atoms with van der Waals surface area (Å²) in [4.78, 5) is 13.7. The van der Waals surface area contributed by atoms with E-state index in [1.54, 1.807) is 14.2 Å². The van der Waals surface area contributed by atoms with Crippen LogP contribution >= 0.6 is 0 Å². The number of hydrogen-bond acceptors (Lipinski definition) is 6. The molecule has 1 aliphatic rings. The van der Waals surface area contributed by atoms with E-state index < -0.39 is 0 Å². The molecule has 2 N–H and O–H groups in total. The van der Waals surface area contributed by atoms with E-state index in [9.17, 15) is 0 Å². The molecule has 0 atom stereocenters. The van der Waals surface area contributed by atoms with Gasteiger partial charge in [0.15, 0.2) is 5.96 Å². The number of guanidine groups is 1. The minimum absolute atomic E-state index is 0.538. The lowest BCUT2D eigenvalue weighted by Crippen LogP contribution is -2.46. The maximum Gasteiger partial charge on any atom is 0.191 e. The molecule has 0 unspecified atom stereocenters. The Bertz CT molecular complexity index is 819. The molecule has 1 saturated heterocycles. The largest absolute Gasteiger partial charge is 0.497 e. The van der Waals surface area contributed by atoms with E-state index in [4.69, 9.17) is 9.47 Å². The Kier molecular flexibility index (Phi) is 8.78. The van der Waals surface area contributed by atoms with Gasteiger partial charge in [0.25, 0.3) is 0 Å². The first-order chi connectivity index (χ1) is 15.2. The maximum atomic E-state index is 5.74. The zero-order chi connectivity index (χ0) is 21.9. The van der Waals surface area contributed by atoms with Crippen LogP contribution in [0.5, 0.6) is 11.5 Å². The number of pyridine rings is 1. The number of anilines is 1. The zero-order valence-electron chi connectivity index (χ0n) is 18.8. The van der Waals surface area contributed by atoms with Crippen molar-refractivity contribution in [2.24, 2.45) is 4.99 Å². The summed E-state index contributed by atoms with van der Waals surface area (Å²) in [5.41, 5.74) is 1.18. The second kappa shape index (κ2) is 12.0. The third kappa shape index (κ3) is 7.03. The molecule has 31 heavy (non-hydrogen) atoms. The van der Waals surface area contributed by atoms with Gasteiger partial charge < -0.3 is 29.9 Å². The molecule has 0 bridgehead atoms. The van der Waals surface area contributed by atoms with Crippen LogP contribution in [-0.4, -0.2) is 75.9 Å². The Labute approximate surface area is 185 Å². The van der Waals surface area contributed by atoms with E-state index >= 15 is 0 Å². The third-order valence-corrected chi connectivity index (χ3v) is 5.36. The molecule has 1 fully saturated rings. The maximum absolute atomic E-state index is 5.74. The van der Waals surface area contributed by atoms with Gasteiger partial charge >= 0.3 is 0 Å². The summed E-state index contributed by atoms with van der Waals surface area (Å²) in [6, 6.07) is 11.8. The Morgan fingerprint density at radius 1 is 1.06 bits per heavy atom. The minimum Gasteiger partial charge on any atom is -0.497 e. The molecule has 0 spiro atoms. The lowest BCUT2D eigenvalue weighted by Gasteiger charge is -2.34. The Balaban J connectivity index is 1.41. The number of aromatic nitrogens is 1. The van der Waals surface area contributed by atoms with Crippen molar-refractivity contribution in [3.05, 3.63) is 48.2 Å². The third-order valence-electron chi connectivity index (χ3n) is 5.36. The molecule has 0 radical (unpaired) electrons. The van der Waals surface area contributed by atoms with Gasteiger partial charge in [0.05, 0.1) is 13.7 Å². The molecular formula is C23H34N6O2. The van der Waals surface area contributed by atoms with Gasteiger partial charge in [-0.25, -0.2) is 4.98 Å². The van der Waals surface area contributed by atoms with Gasteiger partial charge in [-0.2, -0.15) is 0 Å². The summed E-state index contributed by atoms with van der Waals surface area (Å²) in [6.07, 6.45) is 1.89. The molecule has 1 aromatic heterocycles. The fourth-order valence-corrected chi connectivity index (χ4v) is 3.45. The van der Waals surface area contributed by atoms with Crippen molar-refractivity contribution in [2.75, 3.05) is 64.9 Å². The standard InChI is InChI=1S/C23H34N6O2/c1-4-28-12-14-29(15-13-28)22-17-19(9-10-25-22)18-27-23(24-2)26-11-16-31-21-7-5-20(30-3)6-8-21/h5-10,17H,4,11-16,18H2,1-3H3,(H2,24,26,27). The molecule has 2 aromatic rings. The van der Waals surface area contributed by atoms with Crippen LogP contribution in [0.1, 0.15) is 12.5 Å². The van der Waals surface area contributed by atoms with Crippen LogP contribution in [0.3, 0.4) is 0 Å². The number of benzene rings is 1. The summed E-state index contributed by atoms with van der Waals surface area (Å²) >= 11 is 0. The normalized spacial score (nSPS) is 14.9. The van der Waals surface area contributed by atoms with E-state index in [1.807, 2.05) is 36.5 Å². The fraction of sp³-hybridized carbons (Fsp3) is 0.478. The van der Waals surface area contributed by atoms with Gasteiger partial charge in [0.2, 0.25) is 0 Å². The quantitative estimate of drug-likeness (QED) is 0.361. The number of nitrogens with one attached hydrogen (secondary N) is 2. The average molecular weight is 427 g/mol. The smallest absolute Gasteiger partial charge is 0.191 e. The van der Waals surface area contributed by atoms with Crippen molar-refractivity contribution in [1.82, 2.24) is 20.5 Å². The van der Waals surface area contributed by atoms with Crippen LogP contribution in [0.15, 0.2) is 47.6 Å². The first-order valence-corrected chi connectivity index (χ1v) is 10.9.